The molecule has 1 atom stereocenters. The monoisotopic (exact) mass is 374 g/mol. The number of thiophene rings is 1. The zero-order valence-corrected chi connectivity index (χ0v) is 15.7. The number of carbonyl (C=O) groups excluding carboxylic acids is 2. The second kappa shape index (κ2) is 8.33. The summed E-state index contributed by atoms with van der Waals surface area (Å²) in [7, 11) is 1.32. The van der Waals surface area contributed by atoms with Gasteiger partial charge in [0.2, 0.25) is 0 Å². The Labute approximate surface area is 156 Å². The number of hydrogen-bond acceptors (Lipinski definition) is 6. The lowest BCUT2D eigenvalue weighted by molar-refractivity contribution is 0.0606. The van der Waals surface area contributed by atoms with Crippen LogP contribution in [0.15, 0.2) is 36.4 Å². The van der Waals surface area contributed by atoms with Gasteiger partial charge < -0.3 is 19.7 Å². The van der Waals surface area contributed by atoms with Gasteiger partial charge in [0.15, 0.2) is 0 Å². The molecule has 138 valence electrons. The van der Waals surface area contributed by atoms with E-state index in [9.17, 15) is 9.59 Å². The van der Waals surface area contributed by atoms with Gasteiger partial charge >= 0.3 is 5.97 Å². The molecule has 26 heavy (non-hydrogen) atoms. The number of morpholine rings is 1. The fourth-order valence-electron chi connectivity index (χ4n) is 2.82. The summed E-state index contributed by atoms with van der Waals surface area (Å²) in [6, 6.07) is 11.3. The molecule has 0 bridgehead atoms. The Morgan fingerprint density at radius 1 is 1.12 bits per heavy atom. The van der Waals surface area contributed by atoms with Crippen molar-refractivity contribution in [2.45, 2.75) is 13.0 Å². The Kier molecular flexibility index (Phi) is 5.90. The molecule has 0 unspecified atom stereocenters. The zero-order valence-electron chi connectivity index (χ0n) is 14.9. The SMILES string of the molecule is COC(=O)c1ccc(C(=O)N[C@H](C)c2ccc(N3CCOCC3)cc2)s1. The lowest BCUT2D eigenvalue weighted by atomic mass is 10.1. The molecule has 1 amide bonds. The number of hydrogen-bond donors (Lipinski definition) is 1. The van der Waals surface area contributed by atoms with E-state index in [1.54, 1.807) is 12.1 Å². The van der Waals surface area contributed by atoms with E-state index in [-0.39, 0.29) is 11.9 Å². The van der Waals surface area contributed by atoms with Crippen LogP contribution in [0.5, 0.6) is 0 Å². The molecule has 0 aliphatic carbocycles. The molecule has 7 heteroatoms. The number of amides is 1. The Balaban J connectivity index is 1.61. The fourth-order valence-corrected chi connectivity index (χ4v) is 3.64. The summed E-state index contributed by atoms with van der Waals surface area (Å²) < 4.78 is 10.0. The van der Waals surface area contributed by atoms with Crippen molar-refractivity contribution in [1.29, 1.82) is 0 Å². The van der Waals surface area contributed by atoms with E-state index in [0.717, 1.165) is 48.9 Å². The second-order valence-corrected chi connectivity index (χ2v) is 7.13. The molecule has 1 N–H and O–H groups in total. The lowest BCUT2D eigenvalue weighted by Gasteiger charge is -2.29. The molecule has 2 heterocycles. The maximum atomic E-state index is 12.4. The first-order chi connectivity index (χ1) is 12.6. The maximum absolute atomic E-state index is 12.4. The minimum absolute atomic E-state index is 0.134. The third-order valence-electron chi connectivity index (χ3n) is 4.33. The summed E-state index contributed by atoms with van der Waals surface area (Å²) >= 11 is 1.13. The number of carbonyl (C=O) groups is 2. The first-order valence-corrected chi connectivity index (χ1v) is 9.32. The summed E-state index contributed by atoms with van der Waals surface area (Å²) in [6.07, 6.45) is 0. The molecule has 0 saturated carbocycles. The summed E-state index contributed by atoms with van der Waals surface area (Å²) in [5.41, 5.74) is 2.19. The van der Waals surface area contributed by atoms with Gasteiger partial charge in [0, 0.05) is 18.8 Å². The highest BCUT2D eigenvalue weighted by Gasteiger charge is 2.17. The van der Waals surface area contributed by atoms with E-state index in [1.807, 2.05) is 19.1 Å². The number of methoxy groups -OCH3 is 1. The van der Waals surface area contributed by atoms with Gasteiger partial charge in [0.05, 0.1) is 31.2 Å². The first kappa shape index (κ1) is 18.4. The van der Waals surface area contributed by atoms with Crippen molar-refractivity contribution in [3.8, 4) is 0 Å². The summed E-state index contributed by atoms with van der Waals surface area (Å²) in [6.45, 7) is 5.24. The van der Waals surface area contributed by atoms with Crippen molar-refractivity contribution in [3.63, 3.8) is 0 Å². The van der Waals surface area contributed by atoms with Crippen LogP contribution in [-0.2, 0) is 9.47 Å². The van der Waals surface area contributed by atoms with Crippen LogP contribution in [0.2, 0.25) is 0 Å². The molecule has 6 nitrogen and oxygen atoms in total. The molecule has 1 aliphatic rings. The van der Waals surface area contributed by atoms with E-state index in [1.165, 1.54) is 7.11 Å². The number of esters is 1. The highest BCUT2D eigenvalue weighted by Crippen LogP contribution is 2.22. The van der Waals surface area contributed by atoms with E-state index in [4.69, 9.17) is 4.74 Å². The van der Waals surface area contributed by atoms with Gasteiger partial charge in [0.25, 0.3) is 5.91 Å². The molecule has 1 aromatic carbocycles. The number of nitrogens with one attached hydrogen (secondary N) is 1. The lowest BCUT2D eigenvalue weighted by Crippen LogP contribution is -2.36. The standard InChI is InChI=1S/C19H22N2O4S/c1-13(20-18(22)16-7-8-17(26-16)19(23)24-2)14-3-5-15(6-4-14)21-9-11-25-12-10-21/h3-8,13H,9-12H2,1-2H3,(H,20,22)/t13-/m1/s1. The van der Waals surface area contributed by atoms with Crippen LogP contribution < -0.4 is 10.2 Å². The number of rotatable bonds is 5. The Morgan fingerprint density at radius 2 is 1.77 bits per heavy atom. The summed E-state index contributed by atoms with van der Waals surface area (Å²) in [4.78, 5) is 27.1. The maximum Gasteiger partial charge on any atom is 0.348 e. The van der Waals surface area contributed by atoms with Crippen LogP contribution in [0.3, 0.4) is 0 Å². The minimum Gasteiger partial charge on any atom is -0.465 e. The Morgan fingerprint density at radius 3 is 2.42 bits per heavy atom. The van der Waals surface area contributed by atoms with Crippen molar-refractivity contribution in [3.05, 3.63) is 51.7 Å². The van der Waals surface area contributed by atoms with Crippen molar-refractivity contribution in [2.75, 3.05) is 38.3 Å². The van der Waals surface area contributed by atoms with Gasteiger partial charge in [-0.05, 0) is 36.8 Å². The third-order valence-corrected chi connectivity index (χ3v) is 5.40. The molecule has 1 aromatic heterocycles. The Hall–Kier alpha value is -2.38. The van der Waals surface area contributed by atoms with Crippen molar-refractivity contribution >= 4 is 28.9 Å². The van der Waals surface area contributed by atoms with Crippen LogP contribution in [0.1, 0.15) is 37.9 Å². The molecule has 1 saturated heterocycles. The van der Waals surface area contributed by atoms with Crippen LogP contribution in [0.25, 0.3) is 0 Å². The minimum atomic E-state index is -0.430. The van der Waals surface area contributed by atoms with E-state index >= 15 is 0 Å². The van der Waals surface area contributed by atoms with Crippen LogP contribution in [-0.4, -0.2) is 45.3 Å². The molecule has 0 spiro atoms. The van der Waals surface area contributed by atoms with Gasteiger partial charge in [0.1, 0.15) is 4.88 Å². The van der Waals surface area contributed by atoms with Crippen molar-refractivity contribution < 1.29 is 19.1 Å². The predicted molar refractivity (Wildman–Crippen MR) is 101 cm³/mol. The van der Waals surface area contributed by atoms with Crippen LogP contribution in [0, 0.1) is 0 Å². The summed E-state index contributed by atoms with van der Waals surface area (Å²) in [5, 5.41) is 2.97. The van der Waals surface area contributed by atoms with Gasteiger partial charge in [-0.3, -0.25) is 4.79 Å². The summed E-state index contributed by atoms with van der Waals surface area (Å²) in [5.74, 6) is -0.629. The molecule has 0 radical (unpaired) electrons. The highest BCUT2D eigenvalue weighted by atomic mass is 32.1. The third kappa shape index (κ3) is 4.23. The molecular formula is C19H22N2O4S. The molecule has 1 fully saturated rings. The van der Waals surface area contributed by atoms with E-state index in [2.05, 4.69) is 27.1 Å². The first-order valence-electron chi connectivity index (χ1n) is 8.50. The zero-order chi connectivity index (χ0) is 18.5. The molecule has 2 aromatic rings. The number of benzene rings is 1. The molecule has 1 aliphatic heterocycles. The average molecular weight is 374 g/mol. The predicted octanol–water partition coefficient (Wildman–Crippen LogP) is 2.86. The van der Waals surface area contributed by atoms with Crippen LogP contribution in [0.4, 0.5) is 5.69 Å². The average Bonchev–Trinajstić information content (AvgIpc) is 3.18. The normalized spacial score (nSPS) is 15.4. The van der Waals surface area contributed by atoms with Crippen LogP contribution >= 0.6 is 11.3 Å². The topological polar surface area (TPSA) is 67.9 Å². The van der Waals surface area contributed by atoms with E-state index in [0.29, 0.717) is 9.75 Å². The molecule has 3 rings (SSSR count). The van der Waals surface area contributed by atoms with Gasteiger partial charge in [-0.25, -0.2) is 4.79 Å². The highest BCUT2D eigenvalue weighted by molar-refractivity contribution is 7.15. The van der Waals surface area contributed by atoms with E-state index < -0.39 is 5.97 Å². The largest absolute Gasteiger partial charge is 0.465 e. The number of ether oxygens (including phenoxy) is 2. The molecular weight excluding hydrogens is 352 g/mol. The van der Waals surface area contributed by atoms with Crippen molar-refractivity contribution in [2.24, 2.45) is 0 Å². The fraction of sp³-hybridized carbons (Fsp3) is 0.368. The Bertz CT molecular complexity index is 766. The van der Waals surface area contributed by atoms with Gasteiger partial charge in [-0.15, -0.1) is 11.3 Å². The second-order valence-electron chi connectivity index (χ2n) is 6.04. The smallest absolute Gasteiger partial charge is 0.348 e. The van der Waals surface area contributed by atoms with Gasteiger partial charge in [-0.1, -0.05) is 12.1 Å². The van der Waals surface area contributed by atoms with Crippen molar-refractivity contribution in [1.82, 2.24) is 5.32 Å². The number of nitrogens with zero attached hydrogens (tertiary/aromatic N) is 1. The quantitative estimate of drug-likeness (QED) is 0.815. The van der Waals surface area contributed by atoms with Gasteiger partial charge in [-0.2, -0.15) is 0 Å². The number of anilines is 1.